The number of nitrogens with zero attached hydrogens (tertiary/aromatic N) is 2. The van der Waals surface area contributed by atoms with E-state index in [4.69, 9.17) is 5.73 Å². The molecule has 0 unspecified atom stereocenters. The quantitative estimate of drug-likeness (QED) is 0.854. The number of anilines is 2. The second-order valence-corrected chi connectivity index (χ2v) is 6.88. The molecule has 0 bridgehead atoms. The number of pyridine rings is 1. The van der Waals surface area contributed by atoms with Crippen LogP contribution in [-0.4, -0.2) is 39.0 Å². The molecule has 2 N–H and O–H groups in total. The summed E-state index contributed by atoms with van der Waals surface area (Å²) in [7, 11) is -1.11. The van der Waals surface area contributed by atoms with Gasteiger partial charge in [-0.1, -0.05) is 0 Å². The third-order valence-corrected chi connectivity index (χ3v) is 3.91. The number of nitrogen functional groups attached to an aromatic ring is 1. The molecule has 0 aliphatic carbocycles. The molecule has 1 aromatic heterocycles. The predicted molar refractivity (Wildman–Crippen MR) is 79.1 cm³/mol. The normalized spacial score (nSPS) is 11.7. The maximum Gasteiger partial charge on any atom is 0.149 e. The van der Waals surface area contributed by atoms with Crippen molar-refractivity contribution < 1.29 is 8.42 Å². The van der Waals surface area contributed by atoms with Gasteiger partial charge in [0.05, 0.1) is 17.0 Å². The summed E-state index contributed by atoms with van der Waals surface area (Å²) in [5.74, 6) is 0.121. The number of rotatable bonds is 4. The van der Waals surface area contributed by atoms with Gasteiger partial charge in [0.25, 0.3) is 0 Å². The molecule has 0 saturated heterocycles. The lowest BCUT2D eigenvalue weighted by Crippen LogP contribution is -2.25. The van der Waals surface area contributed by atoms with Crippen molar-refractivity contribution in [1.29, 1.82) is 0 Å². The number of fused-ring (bicyclic) bond motifs is 1. The van der Waals surface area contributed by atoms with E-state index in [1.54, 1.807) is 12.3 Å². The molecule has 0 saturated carbocycles. The van der Waals surface area contributed by atoms with Crippen LogP contribution in [0.5, 0.6) is 0 Å². The number of hydrogen-bond donors (Lipinski definition) is 1. The van der Waals surface area contributed by atoms with Crippen molar-refractivity contribution in [3.05, 3.63) is 30.5 Å². The summed E-state index contributed by atoms with van der Waals surface area (Å²) in [5, 5.41) is 0.929. The van der Waals surface area contributed by atoms with Crippen molar-refractivity contribution in [2.24, 2.45) is 0 Å². The average Bonchev–Trinajstić information content (AvgIpc) is 2.36. The first-order valence-electron chi connectivity index (χ1n) is 5.90. The maximum absolute atomic E-state index is 11.2. The van der Waals surface area contributed by atoms with E-state index in [2.05, 4.69) is 4.98 Å². The molecule has 0 spiro atoms. The van der Waals surface area contributed by atoms with E-state index in [1.165, 1.54) is 6.26 Å². The minimum absolute atomic E-state index is 0.121. The number of hydrogen-bond acceptors (Lipinski definition) is 5. The van der Waals surface area contributed by atoms with Crippen molar-refractivity contribution in [2.75, 3.05) is 36.2 Å². The lowest BCUT2D eigenvalue weighted by molar-refractivity contribution is 0.601. The van der Waals surface area contributed by atoms with Crippen LogP contribution < -0.4 is 10.6 Å². The molecule has 0 aliphatic rings. The van der Waals surface area contributed by atoms with Crippen LogP contribution in [0.1, 0.15) is 0 Å². The van der Waals surface area contributed by atoms with Crippen molar-refractivity contribution in [3.63, 3.8) is 0 Å². The molecular formula is C13H17N3O2S. The molecule has 2 rings (SSSR count). The Kier molecular flexibility index (Phi) is 3.61. The first-order valence-corrected chi connectivity index (χ1v) is 7.96. The average molecular weight is 279 g/mol. The Morgan fingerprint density at radius 1 is 1.32 bits per heavy atom. The monoisotopic (exact) mass is 279 g/mol. The fourth-order valence-electron chi connectivity index (χ4n) is 1.94. The van der Waals surface area contributed by atoms with Crippen LogP contribution >= 0.6 is 0 Å². The third-order valence-electron chi connectivity index (χ3n) is 2.99. The Labute approximate surface area is 113 Å². The van der Waals surface area contributed by atoms with Crippen LogP contribution in [0.4, 0.5) is 11.4 Å². The molecule has 102 valence electrons. The van der Waals surface area contributed by atoms with Crippen LogP contribution in [0.3, 0.4) is 0 Å². The van der Waals surface area contributed by atoms with Gasteiger partial charge in [0.1, 0.15) is 9.84 Å². The zero-order valence-electron chi connectivity index (χ0n) is 11.0. The summed E-state index contributed by atoms with van der Waals surface area (Å²) < 4.78 is 22.5. The highest BCUT2D eigenvalue weighted by atomic mass is 32.2. The van der Waals surface area contributed by atoms with E-state index < -0.39 is 9.84 Å². The smallest absolute Gasteiger partial charge is 0.149 e. The first kappa shape index (κ1) is 13.6. The van der Waals surface area contributed by atoms with Gasteiger partial charge in [-0.2, -0.15) is 0 Å². The van der Waals surface area contributed by atoms with E-state index in [0.29, 0.717) is 12.2 Å². The van der Waals surface area contributed by atoms with Crippen molar-refractivity contribution in [1.82, 2.24) is 4.98 Å². The summed E-state index contributed by atoms with van der Waals surface area (Å²) in [5.41, 5.74) is 8.19. The van der Waals surface area contributed by atoms with Gasteiger partial charge in [-0.15, -0.1) is 0 Å². The molecule has 0 amide bonds. The topological polar surface area (TPSA) is 76.3 Å². The van der Waals surface area contributed by atoms with E-state index in [1.807, 2.05) is 30.1 Å². The predicted octanol–water partition coefficient (Wildman–Crippen LogP) is 1.30. The molecular weight excluding hydrogens is 262 g/mol. The largest absolute Gasteiger partial charge is 0.397 e. The van der Waals surface area contributed by atoms with Crippen LogP contribution in [0, 0.1) is 0 Å². The minimum Gasteiger partial charge on any atom is -0.397 e. The highest BCUT2D eigenvalue weighted by Gasteiger charge is 2.11. The third kappa shape index (κ3) is 3.14. The van der Waals surface area contributed by atoms with Gasteiger partial charge >= 0.3 is 0 Å². The van der Waals surface area contributed by atoms with Crippen molar-refractivity contribution in [2.45, 2.75) is 0 Å². The highest BCUT2D eigenvalue weighted by Crippen LogP contribution is 2.28. The summed E-state index contributed by atoms with van der Waals surface area (Å²) in [6, 6.07) is 7.46. The Hall–Kier alpha value is -1.82. The molecule has 6 heteroatoms. The van der Waals surface area contributed by atoms with Crippen molar-refractivity contribution >= 4 is 32.1 Å². The summed E-state index contributed by atoms with van der Waals surface area (Å²) >= 11 is 0. The second kappa shape index (κ2) is 5.05. The highest BCUT2D eigenvalue weighted by molar-refractivity contribution is 7.90. The lowest BCUT2D eigenvalue weighted by atomic mass is 10.1. The van der Waals surface area contributed by atoms with Crippen molar-refractivity contribution in [3.8, 4) is 0 Å². The standard InChI is InChI=1S/C13H17N3O2S/c1-16(8-9-19(2,17)18)12-6-5-11(14)13-10(12)4-3-7-15-13/h3-7H,8-9,14H2,1-2H3. The summed E-state index contributed by atoms with van der Waals surface area (Å²) in [4.78, 5) is 6.17. The van der Waals surface area contributed by atoms with Gasteiger partial charge < -0.3 is 10.6 Å². The Morgan fingerprint density at radius 2 is 2.05 bits per heavy atom. The van der Waals surface area contributed by atoms with Crippen LogP contribution in [0.25, 0.3) is 10.9 Å². The molecule has 0 aliphatic heterocycles. The number of aromatic nitrogens is 1. The van der Waals surface area contributed by atoms with Crippen LogP contribution in [0.2, 0.25) is 0 Å². The van der Waals surface area contributed by atoms with Crippen LogP contribution in [-0.2, 0) is 9.84 Å². The molecule has 0 radical (unpaired) electrons. The molecule has 5 nitrogen and oxygen atoms in total. The molecule has 1 aromatic carbocycles. The Morgan fingerprint density at radius 3 is 2.74 bits per heavy atom. The summed E-state index contributed by atoms with van der Waals surface area (Å²) in [6.07, 6.45) is 2.93. The molecule has 2 aromatic rings. The zero-order valence-corrected chi connectivity index (χ0v) is 11.8. The van der Waals surface area contributed by atoms with Gasteiger partial charge in [0.2, 0.25) is 0 Å². The first-order chi connectivity index (χ1) is 8.88. The maximum atomic E-state index is 11.2. The minimum atomic E-state index is -2.97. The fraction of sp³-hybridized carbons (Fsp3) is 0.308. The SMILES string of the molecule is CN(CCS(C)(=O)=O)c1ccc(N)c2ncccc12. The van der Waals surface area contributed by atoms with E-state index in [9.17, 15) is 8.42 Å². The van der Waals surface area contributed by atoms with Gasteiger partial charge in [0.15, 0.2) is 0 Å². The number of sulfone groups is 1. The number of nitrogens with two attached hydrogens (primary N) is 1. The lowest BCUT2D eigenvalue weighted by Gasteiger charge is -2.21. The fourth-order valence-corrected chi connectivity index (χ4v) is 2.54. The zero-order chi connectivity index (χ0) is 14.0. The number of benzene rings is 1. The molecule has 0 fully saturated rings. The van der Waals surface area contributed by atoms with E-state index in [-0.39, 0.29) is 5.75 Å². The Balaban J connectivity index is 2.37. The molecule has 1 heterocycles. The Bertz CT molecular complexity index is 698. The molecule has 0 atom stereocenters. The summed E-state index contributed by atoms with van der Waals surface area (Å²) in [6.45, 7) is 0.437. The van der Waals surface area contributed by atoms with Gasteiger partial charge in [-0.3, -0.25) is 4.98 Å². The van der Waals surface area contributed by atoms with E-state index >= 15 is 0 Å². The van der Waals surface area contributed by atoms with Gasteiger partial charge in [-0.25, -0.2) is 8.42 Å². The van der Waals surface area contributed by atoms with Crippen LogP contribution in [0.15, 0.2) is 30.5 Å². The van der Waals surface area contributed by atoms with Gasteiger partial charge in [0, 0.05) is 37.1 Å². The molecule has 19 heavy (non-hydrogen) atoms. The van der Waals surface area contributed by atoms with E-state index in [0.717, 1.165) is 16.6 Å². The van der Waals surface area contributed by atoms with Gasteiger partial charge in [-0.05, 0) is 24.3 Å². The second-order valence-electron chi connectivity index (χ2n) is 4.62.